The third-order valence-corrected chi connectivity index (χ3v) is 2.74. The Kier molecular flexibility index (Phi) is 4.06. The van der Waals surface area contributed by atoms with Crippen molar-refractivity contribution in [1.29, 1.82) is 0 Å². The van der Waals surface area contributed by atoms with Crippen LogP contribution in [0, 0.1) is 13.8 Å². The van der Waals surface area contributed by atoms with Gasteiger partial charge in [-0.3, -0.25) is 4.68 Å². The number of carbonyl (C=O) groups is 1. The first-order chi connectivity index (χ1) is 7.52. The van der Waals surface area contributed by atoms with Gasteiger partial charge in [-0.15, -0.1) is 0 Å². The van der Waals surface area contributed by atoms with Gasteiger partial charge in [0.25, 0.3) is 0 Å². The lowest BCUT2D eigenvalue weighted by Gasteiger charge is -2.12. The fourth-order valence-electron chi connectivity index (χ4n) is 1.78. The molecule has 0 saturated carbocycles. The summed E-state index contributed by atoms with van der Waals surface area (Å²) in [5.41, 5.74) is 3.09. The van der Waals surface area contributed by atoms with Crippen LogP contribution in [0.2, 0.25) is 0 Å². The van der Waals surface area contributed by atoms with Crippen molar-refractivity contribution in [1.82, 2.24) is 15.1 Å². The molecule has 90 valence electrons. The van der Waals surface area contributed by atoms with Crippen LogP contribution in [-0.2, 0) is 16.1 Å². The van der Waals surface area contributed by atoms with Gasteiger partial charge in [-0.05, 0) is 27.8 Å². The number of aryl methyl sites for hydroxylation is 1. The number of aromatic nitrogens is 2. The summed E-state index contributed by atoms with van der Waals surface area (Å²) < 4.78 is 6.43. The molecule has 16 heavy (non-hydrogen) atoms. The topological polar surface area (TPSA) is 56.2 Å². The molecule has 5 nitrogen and oxygen atoms in total. The minimum absolute atomic E-state index is 0.276. The molecule has 5 heteroatoms. The Labute approximate surface area is 95.8 Å². The molecular weight excluding hydrogens is 206 g/mol. The second kappa shape index (κ2) is 5.12. The molecule has 1 rings (SSSR count). The highest BCUT2D eigenvalue weighted by Gasteiger charge is 2.20. The Hall–Kier alpha value is -1.36. The van der Waals surface area contributed by atoms with Crippen molar-refractivity contribution in [2.45, 2.75) is 33.4 Å². The van der Waals surface area contributed by atoms with Crippen LogP contribution in [0.15, 0.2) is 0 Å². The highest BCUT2D eigenvalue weighted by molar-refractivity contribution is 5.73. The third kappa shape index (κ3) is 2.24. The molecule has 0 radical (unpaired) electrons. The molecule has 0 amide bonds. The number of hydrogen-bond donors (Lipinski definition) is 1. The van der Waals surface area contributed by atoms with E-state index in [4.69, 9.17) is 4.74 Å². The highest BCUT2D eigenvalue weighted by atomic mass is 16.5. The van der Waals surface area contributed by atoms with E-state index in [9.17, 15) is 4.79 Å². The van der Waals surface area contributed by atoms with Crippen LogP contribution < -0.4 is 5.32 Å². The average molecular weight is 225 g/mol. The molecule has 0 aliphatic rings. The third-order valence-electron chi connectivity index (χ3n) is 2.74. The van der Waals surface area contributed by atoms with Crippen molar-refractivity contribution in [2.75, 3.05) is 14.2 Å². The fourth-order valence-corrected chi connectivity index (χ4v) is 1.78. The molecule has 1 aromatic heterocycles. The second-order valence-corrected chi connectivity index (χ2v) is 3.82. The van der Waals surface area contributed by atoms with Crippen LogP contribution in [0.25, 0.3) is 0 Å². The van der Waals surface area contributed by atoms with E-state index in [1.807, 2.05) is 20.9 Å². The minimum atomic E-state index is -0.380. The van der Waals surface area contributed by atoms with Crippen LogP contribution in [0.5, 0.6) is 0 Å². The van der Waals surface area contributed by atoms with E-state index in [0.29, 0.717) is 0 Å². The summed E-state index contributed by atoms with van der Waals surface area (Å²) in [6.07, 6.45) is 0. The highest BCUT2D eigenvalue weighted by Crippen LogP contribution is 2.17. The lowest BCUT2D eigenvalue weighted by atomic mass is 10.2. The average Bonchev–Trinajstić information content (AvgIpc) is 2.55. The number of rotatable bonds is 4. The van der Waals surface area contributed by atoms with Gasteiger partial charge in [-0.2, -0.15) is 5.10 Å². The van der Waals surface area contributed by atoms with Gasteiger partial charge in [0.1, 0.15) is 6.04 Å². The number of methoxy groups -OCH3 is 1. The van der Waals surface area contributed by atoms with Gasteiger partial charge in [-0.25, -0.2) is 4.79 Å². The van der Waals surface area contributed by atoms with E-state index in [2.05, 4.69) is 10.4 Å². The van der Waals surface area contributed by atoms with Gasteiger partial charge >= 0.3 is 5.97 Å². The van der Waals surface area contributed by atoms with Gasteiger partial charge in [-0.1, -0.05) is 0 Å². The molecule has 1 unspecified atom stereocenters. The Bertz CT molecular complexity index is 385. The van der Waals surface area contributed by atoms with Crippen molar-refractivity contribution < 1.29 is 9.53 Å². The zero-order valence-corrected chi connectivity index (χ0v) is 10.5. The molecule has 0 bridgehead atoms. The summed E-state index contributed by atoms with van der Waals surface area (Å²) in [5.74, 6) is -0.276. The van der Waals surface area contributed by atoms with E-state index in [-0.39, 0.29) is 12.0 Å². The van der Waals surface area contributed by atoms with Gasteiger partial charge < -0.3 is 10.1 Å². The summed E-state index contributed by atoms with van der Waals surface area (Å²) in [7, 11) is 3.28. The van der Waals surface area contributed by atoms with Crippen LogP contribution in [0.3, 0.4) is 0 Å². The summed E-state index contributed by atoms with van der Waals surface area (Å²) in [4.78, 5) is 11.4. The normalized spacial score (nSPS) is 12.6. The number of carbonyl (C=O) groups excluding carboxylic acids is 1. The predicted octanol–water partition coefficient (Wildman–Crippen LogP) is 0.953. The number of hydrogen-bond acceptors (Lipinski definition) is 4. The van der Waals surface area contributed by atoms with Crippen LogP contribution in [0.4, 0.5) is 0 Å². The largest absolute Gasteiger partial charge is 0.467 e. The lowest BCUT2D eigenvalue weighted by Crippen LogP contribution is -2.20. The fraction of sp³-hybridized carbons (Fsp3) is 0.636. The maximum absolute atomic E-state index is 11.4. The molecular formula is C11H19N3O2. The van der Waals surface area contributed by atoms with E-state index in [0.717, 1.165) is 23.5 Å². The second-order valence-electron chi connectivity index (χ2n) is 3.82. The summed E-state index contributed by atoms with van der Waals surface area (Å²) in [6, 6.07) is -0.380. The van der Waals surface area contributed by atoms with E-state index in [1.165, 1.54) is 7.11 Å². The number of nitrogens with zero attached hydrogens (tertiary/aromatic N) is 2. The van der Waals surface area contributed by atoms with E-state index < -0.39 is 0 Å². The quantitative estimate of drug-likeness (QED) is 0.775. The first kappa shape index (κ1) is 12.7. The van der Waals surface area contributed by atoms with Crippen LogP contribution >= 0.6 is 0 Å². The molecule has 1 aromatic rings. The number of esters is 1. The summed E-state index contributed by atoms with van der Waals surface area (Å²) in [6.45, 7) is 6.45. The van der Waals surface area contributed by atoms with Crippen molar-refractivity contribution in [3.63, 3.8) is 0 Å². The molecule has 1 N–H and O–H groups in total. The first-order valence-electron chi connectivity index (χ1n) is 5.30. The van der Waals surface area contributed by atoms with Crippen LogP contribution in [-0.4, -0.2) is 29.9 Å². The van der Waals surface area contributed by atoms with Crippen LogP contribution in [0.1, 0.15) is 29.9 Å². The molecule has 0 spiro atoms. The number of nitrogens with one attached hydrogen (secondary N) is 1. The van der Waals surface area contributed by atoms with Crippen molar-refractivity contribution in [2.24, 2.45) is 0 Å². The molecule has 1 heterocycles. The predicted molar refractivity (Wildman–Crippen MR) is 61.2 cm³/mol. The molecule has 0 saturated heterocycles. The van der Waals surface area contributed by atoms with Gasteiger partial charge in [0.05, 0.1) is 12.8 Å². The Morgan fingerprint density at radius 1 is 1.56 bits per heavy atom. The standard InChI is InChI=1S/C11H19N3O2/c1-7-10(6-12-4)8(2)14(13-7)9(3)11(15)16-5/h9,12H,6H2,1-5H3. The van der Waals surface area contributed by atoms with Crippen molar-refractivity contribution in [3.05, 3.63) is 17.0 Å². The Balaban J connectivity index is 3.06. The molecule has 0 aliphatic carbocycles. The SMILES string of the molecule is CNCc1c(C)nn(C(C)C(=O)OC)c1C. The van der Waals surface area contributed by atoms with Crippen molar-refractivity contribution >= 4 is 5.97 Å². The lowest BCUT2D eigenvalue weighted by molar-refractivity contribution is -0.144. The minimum Gasteiger partial charge on any atom is -0.467 e. The molecule has 0 fully saturated rings. The van der Waals surface area contributed by atoms with E-state index in [1.54, 1.807) is 11.6 Å². The molecule has 0 aliphatic heterocycles. The number of ether oxygens (including phenoxy) is 1. The first-order valence-corrected chi connectivity index (χ1v) is 5.30. The smallest absolute Gasteiger partial charge is 0.330 e. The molecule has 0 aromatic carbocycles. The van der Waals surface area contributed by atoms with Gasteiger partial charge in [0.15, 0.2) is 0 Å². The van der Waals surface area contributed by atoms with Gasteiger partial charge in [0.2, 0.25) is 0 Å². The summed E-state index contributed by atoms with van der Waals surface area (Å²) in [5, 5.41) is 7.47. The summed E-state index contributed by atoms with van der Waals surface area (Å²) >= 11 is 0. The maximum atomic E-state index is 11.4. The zero-order chi connectivity index (χ0) is 12.3. The van der Waals surface area contributed by atoms with E-state index >= 15 is 0 Å². The monoisotopic (exact) mass is 225 g/mol. The zero-order valence-electron chi connectivity index (χ0n) is 10.5. The van der Waals surface area contributed by atoms with Crippen molar-refractivity contribution in [3.8, 4) is 0 Å². The maximum Gasteiger partial charge on any atom is 0.330 e. The van der Waals surface area contributed by atoms with Gasteiger partial charge in [0, 0.05) is 17.8 Å². The molecule has 1 atom stereocenters. The Morgan fingerprint density at radius 2 is 2.19 bits per heavy atom. The Morgan fingerprint density at radius 3 is 2.69 bits per heavy atom.